The molecule has 1 fully saturated rings. The first-order chi connectivity index (χ1) is 14.5. The standard InChI is InChI=1S/C23H25ClFN3OS/c1-26(14-16-3-4-16)11-12-27-15-21(20-13-18(25)7-10-22(20)29-2)28(23(27)30)19-8-5-17(24)6-9-19/h5-10,13,15-16H,3-4,11-12,14H2,1-2H3. The third-order valence-electron chi connectivity index (χ3n) is 5.47. The van der Waals surface area contributed by atoms with Gasteiger partial charge >= 0.3 is 0 Å². The predicted octanol–water partition coefficient (Wildman–Crippen LogP) is 5.82. The van der Waals surface area contributed by atoms with Crippen LogP contribution in [0.2, 0.25) is 5.02 Å². The van der Waals surface area contributed by atoms with Crippen LogP contribution in [-0.4, -0.2) is 41.3 Å². The van der Waals surface area contributed by atoms with Crippen molar-refractivity contribution in [2.45, 2.75) is 19.4 Å². The Hall–Kier alpha value is -2.15. The second-order valence-corrected chi connectivity index (χ2v) is 8.65. The van der Waals surface area contributed by atoms with Gasteiger partial charge in [0.05, 0.1) is 12.8 Å². The van der Waals surface area contributed by atoms with Gasteiger partial charge in [-0.2, -0.15) is 0 Å². The fourth-order valence-corrected chi connectivity index (χ4v) is 4.15. The number of hydrogen-bond donors (Lipinski definition) is 0. The highest BCUT2D eigenvalue weighted by molar-refractivity contribution is 7.71. The third kappa shape index (κ3) is 4.61. The van der Waals surface area contributed by atoms with E-state index in [1.54, 1.807) is 13.2 Å². The summed E-state index contributed by atoms with van der Waals surface area (Å²) in [6.07, 6.45) is 4.65. The predicted molar refractivity (Wildman–Crippen MR) is 122 cm³/mol. The van der Waals surface area contributed by atoms with Crippen molar-refractivity contribution in [3.8, 4) is 22.7 Å². The van der Waals surface area contributed by atoms with Gasteiger partial charge in [0, 0.05) is 42.1 Å². The molecule has 0 unspecified atom stereocenters. The molecule has 0 spiro atoms. The lowest BCUT2D eigenvalue weighted by molar-refractivity contribution is 0.305. The molecule has 0 aliphatic heterocycles. The zero-order valence-corrected chi connectivity index (χ0v) is 18.7. The van der Waals surface area contributed by atoms with Crippen LogP contribution in [-0.2, 0) is 6.54 Å². The molecule has 1 aromatic heterocycles. The van der Waals surface area contributed by atoms with Crippen molar-refractivity contribution in [3.63, 3.8) is 0 Å². The van der Waals surface area contributed by atoms with Gasteiger partial charge in [-0.25, -0.2) is 4.39 Å². The zero-order chi connectivity index (χ0) is 21.3. The summed E-state index contributed by atoms with van der Waals surface area (Å²) in [4.78, 5) is 2.35. The number of halogens is 2. The molecule has 3 aromatic rings. The molecule has 1 saturated carbocycles. The number of rotatable bonds is 8. The van der Waals surface area contributed by atoms with Gasteiger partial charge in [-0.3, -0.25) is 4.57 Å². The Morgan fingerprint density at radius 1 is 1.20 bits per heavy atom. The van der Waals surface area contributed by atoms with Crippen molar-refractivity contribution in [1.82, 2.24) is 14.0 Å². The summed E-state index contributed by atoms with van der Waals surface area (Å²) in [6, 6.07) is 12.0. The molecule has 1 aliphatic carbocycles. The van der Waals surface area contributed by atoms with E-state index in [2.05, 4.69) is 11.9 Å². The van der Waals surface area contributed by atoms with Crippen molar-refractivity contribution in [2.24, 2.45) is 5.92 Å². The molecular formula is C23H25ClFN3OS. The maximum absolute atomic E-state index is 14.1. The molecule has 0 atom stereocenters. The van der Waals surface area contributed by atoms with E-state index in [0.717, 1.165) is 36.9 Å². The molecule has 0 radical (unpaired) electrons. The Morgan fingerprint density at radius 3 is 2.60 bits per heavy atom. The molecule has 7 heteroatoms. The van der Waals surface area contributed by atoms with E-state index in [0.29, 0.717) is 21.1 Å². The third-order valence-corrected chi connectivity index (χ3v) is 6.14. The van der Waals surface area contributed by atoms with Gasteiger partial charge in [0.25, 0.3) is 0 Å². The van der Waals surface area contributed by atoms with Crippen LogP contribution in [0, 0.1) is 16.5 Å². The molecule has 0 saturated heterocycles. The minimum atomic E-state index is -0.323. The average Bonchev–Trinajstić information content (AvgIpc) is 3.48. The summed E-state index contributed by atoms with van der Waals surface area (Å²) in [5.74, 6) is 1.11. The van der Waals surface area contributed by atoms with Gasteiger partial charge in [-0.1, -0.05) is 11.6 Å². The first-order valence-electron chi connectivity index (χ1n) is 10.1. The minimum absolute atomic E-state index is 0.323. The zero-order valence-electron chi connectivity index (χ0n) is 17.1. The molecular weight excluding hydrogens is 421 g/mol. The van der Waals surface area contributed by atoms with Crippen LogP contribution in [0.15, 0.2) is 48.7 Å². The Bertz CT molecular complexity index is 1090. The summed E-state index contributed by atoms with van der Waals surface area (Å²) in [5, 5.41) is 0.649. The Morgan fingerprint density at radius 2 is 1.93 bits per heavy atom. The van der Waals surface area contributed by atoms with Crippen LogP contribution >= 0.6 is 23.8 Å². The molecule has 1 heterocycles. The van der Waals surface area contributed by atoms with E-state index in [1.165, 1.54) is 25.0 Å². The van der Waals surface area contributed by atoms with Crippen LogP contribution in [0.25, 0.3) is 16.9 Å². The number of nitrogens with zero attached hydrogens (tertiary/aromatic N) is 3. The molecule has 30 heavy (non-hydrogen) atoms. The molecule has 4 rings (SSSR count). The maximum Gasteiger partial charge on any atom is 0.185 e. The highest BCUT2D eigenvalue weighted by Crippen LogP contribution is 2.34. The Labute approximate surface area is 186 Å². The first-order valence-corrected chi connectivity index (χ1v) is 10.9. The molecule has 158 valence electrons. The summed E-state index contributed by atoms with van der Waals surface area (Å²) >= 11 is 11.9. The van der Waals surface area contributed by atoms with E-state index in [1.807, 2.05) is 39.6 Å². The molecule has 0 amide bonds. The topological polar surface area (TPSA) is 22.3 Å². The number of benzene rings is 2. The Balaban J connectivity index is 1.76. The van der Waals surface area contributed by atoms with Crippen LogP contribution < -0.4 is 4.74 Å². The fraction of sp³-hybridized carbons (Fsp3) is 0.348. The summed E-state index contributed by atoms with van der Waals surface area (Å²) in [5.41, 5.74) is 2.31. The molecule has 2 aromatic carbocycles. The van der Waals surface area contributed by atoms with Crippen molar-refractivity contribution in [2.75, 3.05) is 27.2 Å². The van der Waals surface area contributed by atoms with Crippen molar-refractivity contribution >= 4 is 23.8 Å². The molecule has 1 aliphatic rings. The minimum Gasteiger partial charge on any atom is -0.496 e. The monoisotopic (exact) mass is 445 g/mol. The van der Waals surface area contributed by atoms with E-state index in [4.69, 9.17) is 28.6 Å². The number of hydrogen-bond acceptors (Lipinski definition) is 3. The SMILES string of the molecule is COc1ccc(F)cc1-c1cn(CCN(C)CC2CC2)c(=S)n1-c1ccc(Cl)cc1. The van der Waals surface area contributed by atoms with Gasteiger partial charge in [0.15, 0.2) is 4.77 Å². The average molecular weight is 446 g/mol. The van der Waals surface area contributed by atoms with Crippen molar-refractivity contribution in [3.05, 3.63) is 64.3 Å². The van der Waals surface area contributed by atoms with Crippen molar-refractivity contribution < 1.29 is 9.13 Å². The number of ether oxygens (including phenoxy) is 1. The quantitative estimate of drug-likeness (QED) is 0.408. The van der Waals surface area contributed by atoms with Gasteiger partial charge in [-0.05, 0) is 80.5 Å². The van der Waals surface area contributed by atoms with Gasteiger partial charge < -0.3 is 14.2 Å². The highest BCUT2D eigenvalue weighted by atomic mass is 35.5. The van der Waals surface area contributed by atoms with Crippen LogP contribution in [0.4, 0.5) is 4.39 Å². The lowest BCUT2D eigenvalue weighted by Crippen LogP contribution is -2.25. The van der Waals surface area contributed by atoms with Crippen LogP contribution in [0.5, 0.6) is 5.75 Å². The van der Waals surface area contributed by atoms with E-state index in [-0.39, 0.29) is 5.82 Å². The molecule has 4 nitrogen and oxygen atoms in total. The van der Waals surface area contributed by atoms with Gasteiger partial charge in [-0.15, -0.1) is 0 Å². The lowest BCUT2D eigenvalue weighted by atomic mass is 10.1. The summed E-state index contributed by atoms with van der Waals surface area (Å²) < 4.78 is 24.3. The second kappa shape index (κ2) is 8.92. The number of methoxy groups -OCH3 is 1. The van der Waals surface area contributed by atoms with Gasteiger partial charge in [0.2, 0.25) is 0 Å². The summed E-state index contributed by atoms with van der Waals surface area (Å²) in [6.45, 7) is 2.78. The number of imidazole rings is 1. The van der Waals surface area contributed by atoms with E-state index in [9.17, 15) is 4.39 Å². The second-order valence-electron chi connectivity index (χ2n) is 7.85. The van der Waals surface area contributed by atoms with Gasteiger partial charge in [0.1, 0.15) is 11.6 Å². The highest BCUT2D eigenvalue weighted by Gasteiger charge is 2.23. The smallest absolute Gasteiger partial charge is 0.185 e. The first kappa shape index (κ1) is 21.1. The van der Waals surface area contributed by atoms with Crippen molar-refractivity contribution in [1.29, 1.82) is 0 Å². The Kier molecular flexibility index (Phi) is 6.27. The van der Waals surface area contributed by atoms with E-state index >= 15 is 0 Å². The number of aromatic nitrogens is 2. The van der Waals surface area contributed by atoms with Crippen LogP contribution in [0.3, 0.4) is 0 Å². The van der Waals surface area contributed by atoms with E-state index < -0.39 is 0 Å². The summed E-state index contributed by atoms with van der Waals surface area (Å²) in [7, 11) is 3.73. The largest absolute Gasteiger partial charge is 0.496 e. The maximum atomic E-state index is 14.1. The molecule has 0 bridgehead atoms. The lowest BCUT2D eigenvalue weighted by Gasteiger charge is -2.16. The fourth-order valence-electron chi connectivity index (χ4n) is 3.67. The van der Waals surface area contributed by atoms with Crippen LogP contribution in [0.1, 0.15) is 12.8 Å². The molecule has 0 N–H and O–H groups in total. The normalized spacial score (nSPS) is 13.8. The number of likely N-dealkylation sites (N-methyl/N-ethyl adjacent to an activating group) is 1.